The van der Waals surface area contributed by atoms with E-state index in [-0.39, 0.29) is 0 Å². The molecule has 0 aliphatic carbocycles. The first kappa shape index (κ1) is 18.0. The standard InChI is InChI=1S/C20H19ClN2O3/c1-24-23-11-4-12-25-20-10-7-15(13-22-20)14-26-19-9-8-18(21)16-5-2-3-6-17(16)19/h2-3,5-11,13H,4,12,14H2,1H3. The zero-order chi connectivity index (χ0) is 18.2. The van der Waals surface area contributed by atoms with Crippen molar-refractivity contribution in [3.8, 4) is 11.6 Å². The van der Waals surface area contributed by atoms with Crippen LogP contribution in [0.3, 0.4) is 0 Å². The Hall–Kier alpha value is -2.79. The number of fused-ring (bicyclic) bond motifs is 1. The molecule has 0 spiro atoms. The second kappa shape index (κ2) is 9.06. The van der Waals surface area contributed by atoms with Gasteiger partial charge in [-0.25, -0.2) is 4.98 Å². The SMILES string of the molecule is CON=CCCOc1ccc(COc2ccc(Cl)c3ccccc23)cn1. The number of ether oxygens (including phenoxy) is 2. The Morgan fingerprint density at radius 2 is 1.88 bits per heavy atom. The van der Waals surface area contributed by atoms with Crippen molar-refractivity contribution in [3.05, 3.63) is 65.3 Å². The molecule has 134 valence electrons. The number of hydrogen-bond donors (Lipinski definition) is 0. The number of aromatic nitrogens is 1. The fourth-order valence-electron chi connectivity index (χ4n) is 2.45. The monoisotopic (exact) mass is 370 g/mol. The molecule has 0 fully saturated rings. The lowest BCUT2D eigenvalue weighted by Gasteiger charge is -2.11. The number of benzene rings is 2. The maximum absolute atomic E-state index is 6.24. The average Bonchev–Trinajstić information content (AvgIpc) is 2.68. The fourth-order valence-corrected chi connectivity index (χ4v) is 2.67. The molecule has 6 heteroatoms. The normalized spacial score (nSPS) is 11.0. The highest BCUT2D eigenvalue weighted by atomic mass is 35.5. The third-order valence-corrected chi connectivity index (χ3v) is 4.03. The molecule has 0 atom stereocenters. The van der Waals surface area contributed by atoms with Gasteiger partial charge in [-0.05, 0) is 18.2 Å². The van der Waals surface area contributed by atoms with E-state index in [1.165, 1.54) is 7.11 Å². The van der Waals surface area contributed by atoms with E-state index in [0.29, 0.717) is 30.5 Å². The molecule has 0 aliphatic heterocycles. The summed E-state index contributed by atoms with van der Waals surface area (Å²) < 4.78 is 11.5. The summed E-state index contributed by atoms with van der Waals surface area (Å²) in [4.78, 5) is 8.87. The van der Waals surface area contributed by atoms with E-state index in [4.69, 9.17) is 21.1 Å². The van der Waals surface area contributed by atoms with Crippen molar-refractivity contribution in [2.24, 2.45) is 5.16 Å². The molecule has 0 saturated carbocycles. The van der Waals surface area contributed by atoms with Gasteiger partial charge >= 0.3 is 0 Å². The molecular weight excluding hydrogens is 352 g/mol. The van der Waals surface area contributed by atoms with E-state index in [2.05, 4.69) is 15.0 Å². The lowest BCUT2D eigenvalue weighted by molar-refractivity contribution is 0.213. The van der Waals surface area contributed by atoms with Crippen molar-refractivity contribution in [2.45, 2.75) is 13.0 Å². The van der Waals surface area contributed by atoms with Crippen LogP contribution in [0.5, 0.6) is 11.6 Å². The van der Waals surface area contributed by atoms with Gasteiger partial charge in [0.25, 0.3) is 0 Å². The number of oxime groups is 1. The third kappa shape index (κ3) is 4.64. The summed E-state index contributed by atoms with van der Waals surface area (Å²) in [7, 11) is 1.51. The molecule has 0 radical (unpaired) electrons. The molecule has 0 amide bonds. The maximum atomic E-state index is 6.24. The van der Waals surface area contributed by atoms with Crippen molar-refractivity contribution in [3.63, 3.8) is 0 Å². The number of nitrogens with zero attached hydrogens (tertiary/aromatic N) is 2. The first-order valence-corrected chi connectivity index (χ1v) is 8.58. The van der Waals surface area contributed by atoms with Gasteiger partial charge in [0.1, 0.15) is 19.5 Å². The molecule has 5 nitrogen and oxygen atoms in total. The summed E-state index contributed by atoms with van der Waals surface area (Å²) in [6, 6.07) is 15.4. The van der Waals surface area contributed by atoms with Gasteiger partial charge < -0.3 is 14.3 Å². The highest BCUT2D eigenvalue weighted by Gasteiger charge is 2.06. The summed E-state index contributed by atoms with van der Waals surface area (Å²) in [5.74, 6) is 1.36. The Kier molecular flexibility index (Phi) is 6.28. The maximum Gasteiger partial charge on any atom is 0.213 e. The smallest absolute Gasteiger partial charge is 0.213 e. The minimum absolute atomic E-state index is 0.416. The highest BCUT2D eigenvalue weighted by molar-refractivity contribution is 6.35. The molecule has 0 saturated heterocycles. The van der Waals surface area contributed by atoms with Crippen LogP contribution < -0.4 is 9.47 Å². The zero-order valence-corrected chi connectivity index (χ0v) is 15.1. The number of pyridine rings is 1. The molecule has 3 rings (SSSR count). The van der Waals surface area contributed by atoms with Crippen LogP contribution in [0.2, 0.25) is 5.02 Å². The second-order valence-corrected chi connectivity index (χ2v) is 5.90. The quantitative estimate of drug-likeness (QED) is 0.322. The van der Waals surface area contributed by atoms with E-state index in [1.807, 2.05) is 48.5 Å². The lowest BCUT2D eigenvalue weighted by Crippen LogP contribution is -2.01. The van der Waals surface area contributed by atoms with E-state index in [1.54, 1.807) is 12.4 Å². The number of hydrogen-bond acceptors (Lipinski definition) is 5. The topological polar surface area (TPSA) is 52.9 Å². The molecule has 0 unspecified atom stereocenters. The van der Waals surface area contributed by atoms with Crippen LogP contribution in [0.1, 0.15) is 12.0 Å². The summed E-state index contributed by atoms with van der Waals surface area (Å²) >= 11 is 6.24. The predicted molar refractivity (Wildman–Crippen MR) is 103 cm³/mol. The molecule has 1 aromatic heterocycles. The molecule has 0 bridgehead atoms. The Balaban J connectivity index is 1.59. The lowest BCUT2D eigenvalue weighted by atomic mass is 10.1. The fraction of sp³-hybridized carbons (Fsp3) is 0.200. The molecule has 26 heavy (non-hydrogen) atoms. The van der Waals surface area contributed by atoms with Crippen LogP contribution in [-0.4, -0.2) is 24.9 Å². The average molecular weight is 371 g/mol. The van der Waals surface area contributed by atoms with Crippen molar-refractivity contribution in [1.29, 1.82) is 0 Å². The van der Waals surface area contributed by atoms with Crippen molar-refractivity contribution in [2.75, 3.05) is 13.7 Å². The molecule has 0 N–H and O–H groups in total. The van der Waals surface area contributed by atoms with E-state index < -0.39 is 0 Å². The van der Waals surface area contributed by atoms with Gasteiger partial charge in [-0.3, -0.25) is 0 Å². The predicted octanol–water partition coefficient (Wildman–Crippen LogP) is 4.87. The highest BCUT2D eigenvalue weighted by Crippen LogP contribution is 2.31. The van der Waals surface area contributed by atoms with Gasteiger partial charge in [0, 0.05) is 46.3 Å². The van der Waals surface area contributed by atoms with Crippen LogP contribution in [0.25, 0.3) is 10.8 Å². The molecular formula is C20H19ClN2O3. The zero-order valence-electron chi connectivity index (χ0n) is 14.4. The molecule has 0 aliphatic rings. The number of halogens is 1. The van der Waals surface area contributed by atoms with Gasteiger partial charge in [-0.2, -0.15) is 0 Å². The Morgan fingerprint density at radius 1 is 1.04 bits per heavy atom. The van der Waals surface area contributed by atoms with Crippen molar-refractivity contribution >= 4 is 28.6 Å². The van der Waals surface area contributed by atoms with Crippen LogP contribution >= 0.6 is 11.6 Å². The minimum atomic E-state index is 0.416. The Labute approximate surface area is 157 Å². The third-order valence-electron chi connectivity index (χ3n) is 3.70. The Morgan fingerprint density at radius 3 is 2.65 bits per heavy atom. The van der Waals surface area contributed by atoms with Crippen molar-refractivity contribution < 1.29 is 14.3 Å². The van der Waals surface area contributed by atoms with Gasteiger partial charge in [0.2, 0.25) is 5.88 Å². The second-order valence-electron chi connectivity index (χ2n) is 5.49. The largest absolute Gasteiger partial charge is 0.488 e. The van der Waals surface area contributed by atoms with Gasteiger partial charge in [0.05, 0.1) is 6.61 Å². The Bertz CT molecular complexity index is 882. The van der Waals surface area contributed by atoms with Gasteiger partial charge in [-0.15, -0.1) is 0 Å². The first-order valence-electron chi connectivity index (χ1n) is 8.20. The van der Waals surface area contributed by atoms with Crippen LogP contribution in [0, 0.1) is 0 Å². The first-order chi connectivity index (χ1) is 12.8. The van der Waals surface area contributed by atoms with Gasteiger partial charge in [0.15, 0.2) is 0 Å². The van der Waals surface area contributed by atoms with Crippen molar-refractivity contribution in [1.82, 2.24) is 4.98 Å². The van der Waals surface area contributed by atoms with Crippen LogP contribution in [-0.2, 0) is 11.4 Å². The summed E-state index contributed by atoms with van der Waals surface area (Å²) in [6.45, 7) is 0.909. The summed E-state index contributed by atoms with van der Waals surface area (Å²) in [5, 5.41) is 6.33. The van der Waals surface area contributed by atoms with Crippen LogP contribution in [0.4, 0.5) is 0 Å². The van der Waals surface area contributed by atoms with Gasteiger partial charge in [-0.1, -0.05) is 41.0 Å². The summed E-state index contributed by atoms with van der Waals surface area (Å²) in [5.41, 5.74) is 0.956. The minimum Gasteiger partial charge on any atom is -0.488 e. The molecule has 2 aromatic carbocycles. The summed E-state index contributed by atoms with van der Waals surface area (Å²) in [6.07, 6.45) is 4.05. The van der Waals surface area contributed by atoms with Crippen LogP contribution in [0.15, 0.2) is 59.9 Å². The number of rotatable bonds is 8. The molecule has 3 aromatic rings. The van der Waals surface area contributed by atoms with E-state index in [0.717, 1.165) is 22.1 Å². The van der Waals surface area contributed by atoms with E-state index >= 15 is 0 Å². The molecule has 1 heterocycles. The van der Waals surface area contributed by atoms with E-state index in [9.17, 15) is 0 Å².